The zero-order valence-corrected chi connectivity index (χ0v) is 21.3. The molecule has 2 aromatic carbocycles. The van der Waals surface area contributed by atoms with E-state index in [-0.39, 0.29) is 29.3 Å². The number of aliphatic hydroxyl groups is 1. The average Bonchev–Trinajstić information content (AvgIpc) is 3.23. The number of H-pyrrole nitrogens is 1. The summed E-state index contributed by atoms with van der Waals surface area (Å²) in [5.41, 5.74) is 3.65. The number of benzene rings is 2. The lowest BCUT2D eigenvalue weighted by atomic mass is 9.44. The lowest BCUT2D eigenvalue weighted by Crippen LogP contribution is -2.63. The minimum Gasteiger partial charge on any atom is -0.497 e. The van der Waals surface area contributed by atoms with E-state index in [1.165, 1.54) is 11.6 Å². The normalized spacial score (nSPS) is 28.0. The molecule has 1 spiro atoms. The number of carbonyl (C=O) groups is 1. The van der Waals surface area contributed by atoms with Gasteiger partial charge < -0.3 is 19.7 Å². The largest absolute Gasteiger partial charge is 0.497 e. The zero-order valence-electron chi connectivity index (χ0n) is 21.3. The molecule has 5 aliphatic rings. The van der Waals surface area contributed by atoms with E-state index in [4.69, 9.17) is 4.74 Å². The number of methoxy groups -OCH3 is 1. The Bertz CT molecular complexity index is 1360. The molecule has 0 radical (unpaired) electrons. The number of nitrogens with zero attached hydrogens (tertiary/aromatic N) is 2. The van der Waals surface area contributed by atoms with Gasteiger partial charge in [-0.3, -0.25) is 9.69 Å². The van der Waals surface area contributed by atoms with Gasteiger partial charge in [-0.05, 0) is 61.8 Å². The summed E-state index contributed by atoms with van der Waals surface area (Å²) >= 11 is 0. The highest BCUT2D eigenvalue weighted by molar-refractivity contribution is 5.88. The summed E-state index contributed by atoms with van der Waals surface area (Å²) in [6.45, 7) is 2.56. The van der Waals surface area contributed by atoms with E-state index in [9.17, 15) is 14.3 Å². The van der Waals surface area contributed by atoms with Crippen molar-refractivity contribution in [3.05, 3.63) is 65.1 Å². The van der Waals surface area contributed by atoms with Crippen molar-refractivity contribution >= 4 is 16.8 Å². The molecule has 1 unspecified atom stereocenters. The first-order chi connectivity index (χ1) is 17.9. The van der Waals surface area contributed by atoms with Crippen LogP contribution >= 0.6 is 0 Å². The van der Waals surface area contributed by atoms with Crippen molar-refractivity contribution in [1.29, 1.82) is 0 Å². The van der Waals surface area contributed by atoms with Crippen LogP contribution in [0.3, 0.4) is 0 Å². The molecule has 37 heavy (non-hydrogen) atoms. The molecule has 3 heterocycles. The van der Waals surface area contributed by atoms with Crippen LogP contribution in [0.15, 0.2) is 42.5 Å². The van der Waals surface area contributed by atoms with Gasteiger partial charge in [-0.25, -0.2) is 4.39 Å². The monoisotopic (exact) mass is 503 g/mol. The van der Waals surface area contributed by atoms with E-state index in [0.29, 0.717) is 24.6 Å². The van der Waals surface area contributed by atoms with Gasteiger partial charge in [-0.1, -0.05) is 18.2 Å². The number of halogens is 1. The maximum atomic E-state index is 14.7. The van der Waals surface area contributed by atoms with Crippen LogP contribution in [0.4, 0.5) is 4.39 Å². The molecule has 1 amide bonds. The van der Waals surface area contributed by atoms with Crippen molar-refractivity contribution in [2.24, 2.45) is 11.3 Å². The molecule has 1 saturated heterocycles. The second-order valence-corrected chi connectivity index (χ2v) is 11.9. The number of aliphatic hydroxyl groups excluding tert-OH is 1. The summed E-state index contributed by atoms with van der Waals surface area (Å²) < 4.78 is 20.2. The predicted octanol–water partition coefficient (Wildman–Crippen LogP) is 4.53. The lowest BCUT2D eigenvalue weighted by molar-refractivity contribution is -0.178. The van der Waals surface area contributed by atoms with Gasteiger partial charge in [0.25, 0.3) is 0 Å². The second-order valence-electron chi connectivity index (χ2n) is 11.9. The number of hydrogen-bond donors (Lipinski definition) is 2. The summed E-state index contributed by atoms with van der Waals surface area (Å²) in [6, 6.07) is 12.8. The minimum atomic E-state index is -0.265. The number of fused-ring (bicyclic) bond motifs is 4. The predicted molar refractivity (Wildman–Crippen MR) is 139 cm³/mol. The molecule has 3 saturated carbocycles. The summed E-state index contributed by atoms with van der Waals surface area (Å²) in [4.78, 5) is 21.3. The van der Waals surface area contributed by atoms with Crippen LogP contribution in [0.2, 0.25) is 0 Å². The van der Waals surface area contributed by atoms with Crippen molar-refractivity contribution in [2.75, 3.05) is 33.4 Å². The fourth-order valence-corrected chi connectivity index (χ4v) is 7.75. The number of nitrogens with one attached hydrogen (secondary N) is 1. The quantitative estimate of drug-likeness (QED) is 0.537. The lowest BCUT2D eigenvalue weighted by Gasteiger charge is -2.62. The number of aromatic nitrogens is 1. The third kappa shape index (κ3) is 3.40. The van der Waals surface area contributed by atoms with Crippen molar-refractivity contribution < 1.29 is 19.0 Å². The number of hydrogen-bond acceptors (Lipinski definition) is 4. The zero-order chi connectivity index (χ0) is 25.4. The fraction of sp³-hybridized carbons (Fsp3) is 0.500. The van der Waals surface area contributed by atoms with E-state index >= 15 is 0 Å². The summed E-state index contributed by atoms with van der Waals surface area (Å²) in [5.74, 6) is 1.70. The van der Waals surface area contributed by atoms with Gasteiger partial charge in [-0.15, -0.1) is 0 Å². The number of carbonyl (C=O) groups excluding carboxylic acids is 1. The number of likely N-dealkylation sites (tertiary alicyclic amines) is 1. The average molecular weight is 504 g/mol. The molecule has 3 aromatic rings. The highest BCUT2D eigenvalue weighted by Crippen LogP contribution is 2.65. The summed E-state index contributed by atoms with van der Waals surface area (Å²) in [6.07, 6.45) is 4.95. The van der Waals surface area contributed by atoms with Crippen LogP contribution in [-0.4, -0.2) is 59.1 Å². The SMILES string of the molecule is COc1ccc2c3c([nH]c2c1)C(CO)N(Cc1ccccc1F)CC31CCN(C(=O)C23CC(C2)C3)CC1. The molecule has 2 bridgehead atoms. The molecule has 2 aliphatic heterocycles. The van der Waals surface area contributed by atoms with Crippen molar-refractivity contribution in [2.45, 2.75) is 50.1 Å². The second kappa shape index (κ2) is 8.30. The fourth-order valence-electron chi connectivity index (χ4n) is 7.75. The molecule has 1 atom stereocenters. The molecule has 8 rings (SSSR count). The Morgan fingerprint density at radius 1 is 1.16 bits per heavy atom. The molecular weight excluding hydrogens is 469 g/mol. The highest BCUT2D eigenvalue weighted by atomic mass is 19.1. The topological polar surface area (TPSA) is 68.8 Å². The Morgan fingerprint density at radius 2 is 1.92 bits per heavy atom. The Balaban J connectivity index is 1.27. The molecule has 3 aliphatic carbocycles. The van der Waals surface area contributed by atoms with Gasteiger partial charge in [0.15, 0.2) is 0 Å². The van der Waals surface area contributed by atoms with Gasteiger partial charge in [-0.2, -0.15) is 0 Å². The molecule has 194 valence electrons. The summed E-state index contributed by atoms with van der Waals surface area (Å²) in [7, 11) is 1.66. The van der Waals surface area contributed by atoms with Gasteiger partial charge in [0.1, 0.15) is 11.6 Å². The summed E-state index contributed by atoms with van der Waals surface area (Å²) in [5, 5.41) is 11.7. The molecule has 6 nitrogen and oxygen atoms in total. The van der Waals surface area contributed by atoms with Crippen molar-refractivity contribution in [3.8, 4) is 5.75 Å². The smallest absolute Gasteiger partial charge is 0.228 e. The van der Waals surface area contributed by atoms with Crippen LogP contribution < -0.4 is 4.74 Å². The molecule has 2 N–H and O–H groups in total. The van der Waals surface area contributed by atoms with Crippen LogP contribution in [-0.2, 0) is 16.8 Å². The molecule has 7 heteroatoms. The minimum absolute atomic E-state index is 0.0525. The number of aromatic amines is 1. The number of rotatable bonds is 5. The van der Waals surface area contributed by atoms with E-state index < -0.39 is 0 Å². The van der Waals surface area contributed by atoms with E-state index in [0.717, 1.165) is 73.5 Å². The Hall–Kier alpha value is -2.90. The maximum absolute atomic E-state index is 14.7. The van der Waals surface area contributed by atoms with Crippen LogP contribution in [0.1, 0.15) is 55.0 Å². The molecule has 1 aromatic heterocycles. The first-order valence-electron chi connectivity index (χ1n) is 13.5. The number of piperidine rings is 1. The first-order valence-corrected chi connectivity index (χ1v) is 13.5. The molecule has 4 fully saturated rings. The van der Waals surface area contributed by atoms with Crippen molar-refractivity contribution in [1.82, 2.24) is 14.8 Å². The van der Waals surface area contributed by atoms with Crippen LogP contribution in [0.25, 0.3) is 10.9 Å². The Labute approximate surface area is 216 Å². The van der Waals surface area contributed by atoms with E-state index in [2.05, 4.69) is 20.9 Å². The highest BCUT2D eigenvalue weighted by Gasteiger charge is 2.62. The third-order valence-corrected chi connectivity index (χ3v) is 9.85. The first kappa shape index (κ1) is 23.2. The van der Waals surface area contributed by atoms with Crippen molar-refractivity contribution in [3.63, 3.8) is 0 Å². The Kier molecular flexibility index (Phi) is 5.21. The van der Waals surface area contributed by atoms with Crippen LogP contribution in [0.5, 0.6) is 5.75 Å². The maximum Gasteiger partial charge on any atom is 0.228 e. The van der Waals surface area contributed by atoms with Gasteiger partial charge in [0, 0.05) is 59.8 Å². The number of ether oxygens (including phenoxy) is 1. The third-order valence-electron chi connectivity index (χ3n) is 9.85. The number of amides is 1. The Morgan fingerprint density at radius 3 is 2.57 bits per heavy atom. The van der Waals surface area contributed by atoms with Gasteiger partial charge in [0.2, 0.25) is 5.91 Å². The molecular formula is C30H34FN3O3. The van der Waals surface area contributed by atoms with Crippen LogP contribution in [0, 0.1) is 17.2 Å². The van der Waals surface area contributed by atoms with E-state index in [1.807, 2.05) is 24.3 Å². The standard InChI is InChI=1S/C30H34FN3O3/c1-37-21-6-7-22-24(12-21)32-27-25(17-35)34(16-20-4-2-3-5-23(20)31)18-29(26(22)27)8-10-33(11-9-29)28(36)30-13-19(14-30)15-30/h2-7,12,19,25,32,35H,8-11,13-18H2,1H3. The van der Waals surface area contributed by atoms with Gasteiger partial charge in [0.05, 0.1) is 25.2 Å². The van der Waals surface area contributed by atoms with Gasteiger partial charge >= 0.3 is 0 Å². The van der Waals surface area contributed by atoms with E-state index in [1.54, 1.807) is 13.2 Å².